The number of carbonyl (C=O) groups excluding carboxylic acids is 1. The van der Waals surface area contributed by atoms with Crippen molar-refractivity contribution >= 4 is 17.4 Å². The number of phenols is 1. The molecule has 0 saturated heterocycles. The van der Waals surface area contributed by atoms with E-state index in [1.54, 1.807) is 12.1 Å². The maximum atomic E-state index is 12.2. The van der Waals surface area contributed by atoms with Crippen molar-refractivity contribution in [2.24, 2.45) is 0 Å². The van der Waals surface area contributed by atoms with E-state index in [0.29, 0.717) is 17.0 Å². The van der Waals surface area contributed by atoms with Crippen molar-refractivity contribution in [3.05, 3.63) is 28.3 Å². The zero-order valence-corrected chi connectivity index (χ0v) is 16.1. The summed E-state index contributed by atoms with van der Waals surface area (Å²) in [6, 6.07) is 3.16. The van der Waals surface area contributed by atoms with E-state index in [0.717, 1.165) is 18.4 Å². The Bertz CT molecular complexity index is 497. The Labute approximate surface area is 152 Å². The van der Waals surface area contributed by atoms with Gasteiger partial charge in [0.05, 0.1) is 5.56 Å². The number of hydrogen-bond donors (Lipinski definition) is 1. The Morgan fingerprint density at radius 1 is 0.917 bits per heavy atom. The van der Waals surface area contributed by atoms with Gasteiger partial charge in [0, 0.05) is 11.4 Å². The second-order valence-electron chi connectivity index (χ2n) is 6.83. The van der Waals surface area contributed by atoms with Crippen molar-refractivity contribution in [3.8, 4) is 5.75 Å². The van der Waals surface area contributed by atoms with Crippen LogP contribution in [0.3, 0.4) is 0 Å². The Hall–Kier alpha value is -1.02. The molecule has 0 amide bonds. The average Bonchev–Trinajstić information content (AvgIpc) is 2.55. The lowest BCUT2D eigenvalue weighted by Crippen LogP contribution is -2.00. The molecule has 24 heavy (non-hydrogen) atoms. The van der Waals surface area contributed by atoms with Gasteiger partial charge in [-0.15, -0.1) is 0 Å². The molecule has 136 valence electrons. The number of unbranched alkanes of at least 4 members (excludes halogenated alkanes) is 10. The van der Waals surface area contributed by atoms with Gasteiger partial charge in [0.25, 0.3) is 0 Å². The molecule has 1 N–H and O–H groups in total. The van der Waals surface area contributed by atoms with E-state index < -0.39 is 0 Å². The molecule has 0 aromatic heterocycles. The monoisotopic (exact) mass is 352 g/mol. The SMILES string of the molecule is CCCCCCCCCCCCCC(=O)c1cc(Cl)c(C)cc1O. The number of hydrogen-bond acceptors (Lipinski definition) is 2. The molecule has 1 rings (SSSR count). The second kappa shape index (κ2) is 12.4. The summed E-state index contributed by atoms with van der Waals surface area (Å²) in [5.74, 6) is 0.0373. The summed E-state index contributed by atoms with van der Waals surface area (Å²) in [5, 5.41) is 10.4. The van der Waals surface area contributed by atoms with Crippen LogP contribution in [-0.4, -0.2) is 10.9 Å². The van der Waals surface area contributed by atoms with Gasteiger partial charge < -0.3 is 5.11 Å². The summed E-state index contributed by atoms with van der Waals surface area (Å²) in [7, 11) is 0. The number of Topliss-reactive ketones (excluding diaryl/α,β-unsaturated/α-hetero) is 1. The lowest BCUT2D eigenvalue weighted by molar-refractivity contribution is 0.0976. The molecule has 0 atom stereocenters. The number of aromatic hydroxyl groups is 1. The number of phenolic OH excluding ortho intramolecular Hbond substituents is 1. The van der Waals surface area contributed by atoms with Crippen molar-refractivity contribution in [2.75, 3.05) is 0 Å². The summed E-state index contributed by atoms with van der Waals surface area (Å²) in [6.07, 6.45) is 14.4. The van der Waals surface area contributed by atoms with Crippen LogP contribution in [0.4, 0.5) is 0 Å². The maximum absolute atomic E-state index is 12.2. The highest BCUT2D eigenvalue weighted by Gasteiger charge is 2.13. The number of rotatable bonds is 13. The first kappa shape index (κ1) is 21.0. The molecule has 0 spiro atoms. The number of carbonyl (C=O) groups is 1. The highest BCUT2D eigenvalue weighted by molar-refractivity contribution is 6.31. The Kier molecular flexibility index (Phi) is 10.8. The van der Waals surface area contributed by atoms with Crippen LogP contribution in [-0.2, 0) is 0 Å². The van der Waals surface area contributed by atoms with Gasteiger partial charge in [0.15, 0.2) is 5.78 Å². The van der Waals surface area contributed by atoms with E-state index in [2.05, 4.69) is 6.92 Å². The summed E-state index contributed by atoms with van der Waals surface area (Å²) in [4.78, 5) is 12.2. The fourth-order valence-corrected chi connectivity index (χ4v) is 3.14. The summed E-state index contributed by atoms with van der Waals surface area (Å²) >= 11 is 6.04. The van der Waals surface area contributed by atoms with Crippen molar-refractivity contribution in [3.63, 3.8) is 0 Å². The molecule has 2 nitrogen and oxygen atoms in total. The third-order valence-electron chi connectivity index (χ3n) is 4.58. The van der Waals surface area contributed by atoms with Crippen LogP contribution in [0.5, 0.6) is 5.75 Å². The lowest BCUT2D eigenvalue weighted by atomic mass is 10.0. The fraction of sp³-hybridized carbons (Fsp3) is 0.667. The van der Waals surface area contributed by atoms with Crippen LogP contribution < -0.4 is 0 Å². The minimum Gasteiger partial charge on any atom is -0.507 e. The second-order valence-corrected chi connectivity index (χ2v) is 7.23. The van der Waals surface area contributed by atoms with Crippen LogP contribution in [0.2, 0.25) is 5.02 Å². The molecule has 0 heterocycles. The van der Waals surface area contributed by atoms with E-state index in [4.69, 9.17) is 11.6 Å². The quantitative estimate of drug-likeness (QED) is 0.300. The summed E-state index contributed by atoms with van der Waals surface area (Å²) < 4.78 is 0. The van der Waals surface area contributed by atoms with Crippen molar-refractivity contribution in [2.45, 2.75) is 90.9 Å². The Morgan fingerprint density at radius 3 is 1.96 bits per heavy atom. The van der Waals surface area contributed by atoms with Gasteiger partial charge in [-0.2, -0.15) is 0 Å². The lowest BCUT2D eigenvalue weighted by Gasteiger charge is -2.07. The first-order valence-corrected chi connectivity index (χ1v) is 9.96. The normalized spacial score (nSPS) is 11.0. The van der Waals surface area contributed by atoms with E-state index in [1.165, 1.54) is 57.8 Å². The van der Waals surface area contributed by atoms with Gasteiger partial charge in [0.2, 0.25) is 0 Å². The average molecular weight is 353 g/mol. The highest BCUT2D eigenvalue weighted by Crippen LogP contribution is 2.27. The standard InChI is InChI=1S/C21H33ClO2/c1-3-4-5-6-7-8-9-10-11-12-13-14-20(23)18-16-19(22)17(2)15-21(18)24/h15-16,24H,3-14H2,1-2H3. The third kappa shape index (κ3) is 8.19. The zero-order chi connectivity index (χ0) is 17.8. The first-order chi connectivity index (χ1) is 11.6. The Morgan fingerprint density at radius 2 is 1.42 bits per heavy atom. The molecule has 0 bridgehead atoms. The van der Waals surface area contributed by atoms with Crippen molar-refractivity contribution in [1.82, 2.24) is 0 Å². The van der Waals surface area contributed by atoms with Crippen LogP contribution in [0, 0.1) is 6.92 Å². The number of aryl methyl sites for hydroxylation is 1. The van der Waals surface area contributed by atoms with E-state index in [1.807, 2.05) is 6.92 Å². The fourth-order valence-electron chi connectivity index (χ4n) is 2.97. The topological polar surface area (TPSA) is 37.3 Å². The van der Waals surface area contributed by atoms with Crippen molar-refractivity contribution < 1.29 is 9.90 Å². The Balaban J connectivity index is 2.09. The number of ketones is 1. The molecule has 1 aromatic rings. The van der Waals surface area contributed by atoms with Crippen LogP contribution in [0.1, 0.15) is 99.9 Å². The predicted octanol–water partition coefficient (Wildman–Crippen LogP) is 7.24. The largest absolute Gasteiger partial charge is 0.507 e. The van der Waals surface area contributed by atoms with E-state index in [9.17, 15) is 9.90 Å². The van der Waals surface area contributed by atoms with E-state index >= 15 is 0 Å². The van der Waals surface area contributed by atoms with Crippen LogP contribution in [0.25, 0.3) is 0 Å². The zero-order valence-electron chi connectivity index (χ0n) is 15.4. The number of benzene rings is 1. The molecular formula is C21H33ClO2. The van der Waals surface area contributed by atoms with Gasteiger partial charge in [-0.25, -0.2) is 0 Å². The summed E-state index contributed by atoms with van der Waals surface area (Å²) in [6.45, 7) is 4.07. The van der Waals surface area contributed by atoms with Crippen molar-refractivity contribution in [1.29, 1.82) is 0 Å². The molecular weight excluding hydrogens is 320 g/mol. The number of halogens is 1. The molecule has 0 fully saturated rings. The minimum atomic E-state index is -0.00896. The van der Waals surface area contributed by atoms with Gasteiger partial charge >= 0.3 is 0 Å². The molecule has 1 aromatic carbocycles. The smallest absolute Gasteiger partial charge is 0.166 e. The molecule has 0 unspecified atom stereocenters. The van der Waals surface area contributed by atoms with Gasteiger partial charge in [0.1, 0.15) is 5.75 Å². The first-order valence-electron chi connectivity index (χ1n) is 9.58. The highest BCUT2D eigenvalue weighted by atomic mass is 35.5. The molecule has 0 radical (unpaired) electrons. The van der Waals surface area contributed by atoms with Gasteiger partial charge in [-0.3, -0.25) is 4.79 Å². The molecule has 0 aliphatic carbocycles. The maximum Gasteiger partial charge on any atom is 0.166 e. The van der Waals surface area contributed by atoms with Crippen LogP contribution in [0.15, 0.2) is 12.1 Å². The van der Waals surface area contributed by atoms with Gasteiger partial charge in [-0.1, -0.05) is 82.7 Å². The molecule has 0 aliphatic rings. The third-order valence-corrected chi connectivity index (χ3v) is 4.99. The van der Waals surface area contributed by atoms with Crippen LogP contribution >= 0.6 is 11.6 Å². The summed E-state index contributed by atoms with van der Waals surface area (Å²) in [5.41, 5.74) is 1.15. The molecule has 0 saturated carbocycles. The predicted molar refractivity (Wildman–Crippen MR) is 103 cm³/mol. The van der Waals surface area contributed by atoms with Gasteiger partial charge in [-0.05, 0) is 31.0 Å². The molecule has 3 heteroatoms. The van der Waals surface area contributed by atoms with E-state index in [-0.39, 0.29) is 11.5 Å². The molecule has 0 aliphatic heterocycles. The minimum absolute atomic E-state index is 0.00896.